The molecule has 1 saturated heterocycles. The summed E-state index contributed by atoms with van der Waals surface area (Å²) in [7, 11) is 0. The number of amides is 15. The molecule has 50 N–H and O–H groups in total. The number of aliphatic carboxylic acids is 1. The number of rotatable bonds is 72. The van der Waals surface area contributed by atoms with Crippen molar-refractivity contribution in [1.29, 1.82) is 32.5 Å². The summed E-state index contributed by atoms with van der Waals surface area (Å²) < 4.78 is 0. The molecule has 1 aromatic carbocycles. The summed E-state index contributed by atoms with van der Waals surface area (Å²) in [6, 6.07) is -16.9. The average molecular weight is 2000 g/mol. The summed E-state index contributed by atoms with van der Waals surface area (Å²) in [4.78, 5) is 229. The largest absolute Gasteiger partial charge is 0.508 e. The molecule has 0 unspecified atom stereocenters. The lowest BCUT2D eigenvalue weighted by molar-refractivity contribution is -0.143. The van der Waals surface area contributed by atoms with E-state index in [-0.39, 0.29) is 199 Å². The molecule has 15 amide bonds. The number of phenolic OH excluding ortho intramolecular Hbond substituents is 1. The minimum atomic E-state index is -1.81. The lowest BCUT2D eigenvalue weighted by Crippen LogP contribution is -2.61. The summed E-state index contributed by atoms with van der Waals surface area (Å²) in [5.41, 5.74) is 62.8. The second kappa shape index (κ2) is 68.1. The molecule has 1 heterocycles. The minimum absolute atomic E-state index is 0.00323. The lowest BCUT2D eigenvalue weighted by Gasteiger charge is -2.31. The van der Waals surface area contributed by atoms with Crippen LogP contribution < -0.4 is 164 Å². The Bertz CT molecular complexity index is 4270. The van der Waals surface area contributed by atoms with E-state index in [0.717, 1.165) is 0 Å². The number of carboxylic acid groups (broad SMARTS) is 1. The van der Waals surface area contributed by atoms with Crippen molar-refractivity contribution < 1.29 is 92.0 Å². The second-order valence-corrected chi connectivity index (χ2v) is 34.2. The van der Waals surface area contributed by atoms with Gasteiger partial charge in [0.05, 0.1) is 12.6 Å². The van der Waals surface area contributed by atoms with Gasteiger partial charge in [-0.1, -0.05) is 32.4 Å². The predicted molar refractivity (Wildman–Crippen MR) is 522 cm³/mol. The number of nitrogens with one attached hydrogen (secondary N) is 25. The first kappa shape index (κ1) is 123. The summed E-state index contributed by atoms with van der Waals surface area (Å²) in [5.74, 6) is -19.2. The third-order valence-electron chi connectivity index (χ3n) is 22.7. The van der Waals surface area contributed by atoms with Crippen LogP contribution in [0, 0.1) is 38.4 Å². The van der Waals surface area contributed by atoms with Gasteiger partial charge in [-0.25, -0.2) is 4.79 Å². The maximum Gasteiger partial charge on any atom is 0.326 e. The number of carbonyl (C=O) groups excluding carboxylic acids is 15. The number of unbranched alkanes of at least 4 members (excludes halogenated alkanes) is 3. The van der Waals surface area contributed by atoms with Crippen molar-refractivity contribution in [2.75, 3.05) is 72.1 Å². The van der Waals surface area contributed by atoms with Crippen LogP contribution >= 0.6 is 0 Å². The van der Waals surface area contributed by atoms with E-state index < -0.39 is 240 Å². The number of nitrogens with zero attached hydrogens (tertiary/aromatic N) is 1. The number of primary amides is 1. The molecule has 0 bridgehead atoms. The molecule has 2 rings (SSSR count). The van der Waals surface area contributed by atoms with Crippen molar-refractivity contribution in [2.45, 2.75) is 285 Å². The first-order chi connectivity index (χ1) is 66.8. The summed E-state index contributed by atoms with van der Waals surface area (Å²) >= 11 is 0. The first-order valence-corrected chi connectivity index (χ1v) is 47.3. The van der Waals surface area contributed by atoms with Gasteiger partial charge in [0.1, 0.15) is 90.3 Å². The van der Waals surface area contributed by atoms with Crippen LogP contribution in [0.1, 0.15) is 193 Å². The molecular formula is C85H155N37O19. The molecule has 56 heteroatoms. The third kappa shape index (κ3) is 50.4. The highest BCUT2D eigenvalue weighted by Gasteiger charge is 2.42. The Labute approximate surface area is 818 Å². The maximum atomic E-state index is 15.3. The molecule has 0 aromatic heterocycles. The van der Waals surface area contributed by atoms with E-state index in [1.54, 1.807) is 13.8 Å². The second-order valence-electron chi connectivity index (χ2n) is 34.2. The molecule has 0 radical (unpaired) electrons. The van der Waals surface area contributed by atoms with Gasteiger partial charge >= 0.3 is 5.97 Å². The molecule has 16 atom stereocenters. The number of phenols is 1. The molecule has 1 aliphatic heterocycles. The van der Waals surface area contributed by atoms with Crippen LogP contribution in [-0.4, -0.2) is 313 Å². The Hall–Kier alpha value is -14.0. The van der Waals surface area contributed by atoms with E-state index in [9.17, 15) is 77.6 Å². The topological polar surface area (TPSA) is 995 Å². The molecule has 1 aromatic rings. The van der Waals surface area contributed by atoms with Crippen molar-refractivity contribution in [2.24, 2.45) is 69.0 Å². The van der Waals surface area contributed by atoms with E-state index in [4.69, 9.17) is 95.5 Å². The van der Waals surface area contributed by atoms with Gasteiger partial charge < -0.3 is 184 Å². The molecule has 1 fully saturated rings. The van der Waals surface area contributed by atoms with Crippen LogP contribution in [0.25, 0.3) is 0 Å². The van der Waals surface area contributed by atoms with Gasteiger partial charge in [-0.15, -0.1) is 0 Å². The van der Waals surface area contributed by atoms with E-state index in [0.29, 0.717) is 44.1 Å². The maximum absolute atomic E-state index is 15.3. The van der Waals surface area contributed by atoms with Crippen LogP contribution in [0.15, 0.2) is 24.3 Å². The first-order valence-electron chi connectivity index (χ1n) is 47.3. The van der Waals surface area contributed by atoms with E-state index >= 15 is 14.4 Å². The Morgan fingerprint density at radius 3 is 1.04 bits per heavy atom. The fraction of sp³-hybridized carbons (Fsp3) is 0.671. The molecule has 1 aliphatic rings. The van der Waals surface area contributed by atoms with E-state index in [1.807, 2.05) is 0 Å². The highest BCUT2D eigenvalue weighted by Crippen LogP contribution is 2.23. The van der Waals surface area contributed by atoms with Gasteiger partial charge in [0.2, 0.25) is 88.6 Å². The van der Waals surface area contributed by atoms with Crippen LogP contribution in [0.3, 0.4) is 0 Å². The number of hydrogen-bond donors (Lipinski definition) is 39. The number of hydrogen-bond acceptors (Lipinski definition) is 28. The number of guanidine groups is 6. The minimum Gasteiger partial charge on any atom is -0.508 e. The molecule has 0 spiro atoms. The highest BCUT2D eigenvalue weighted by atomic mass is 16.4. The van der Waals surface area contributed by atoms with Crippen LogP contribution in [0.2, 0.25) is 0 Å². The van der Waals surface area contributed by atoms with E-state index in [1.165, 1.54) is 36.1 Å². The van der Waals surface area contributed by atoms with Gasteiger partial charge in [0, 0.05) is 58.7 Å². The molecule has 0 saturated carbocycles. The molecule has 794 valence electrons. The number of likely N-dealkylation sites (tertiary alicyclic amines) is 1. The van der Waals surface area contributed by atoms with Crippen LogP contribution in [-0.2, 0) is 83.1 Å². The Morgan fingerprint density at radius 2 is 0.681 bits per heavy atom. The number of aliphatic hydroxyl groups is 1. The zero-order chi connectivity index (χ0) is 106. The number of benzene rings is 1. The van der Waals surface area contributed by atoms with Crippen molar-refractivity contribution in [1.82, 2.24) is 106 Å². The van der Waals surface area contributed by atoms with Gasteiger partial charge in [-0.05, 0) is 204 Å². The van der Waals surface area contributed by atoms with Gasteiger partial charge in [-0.3, -0.25) is 104 Å². The fourth-order valence-electron chi connectivity index (χ4n) is 14.6. The summed E-state index contributed by atoms with van der Waals surface area (Å²) in [5, 5.41) is 126. The Kier molecular flexibility index (Phi) is 59.4. The summed E-state index contributed by atoms with van der Waals surface area (Å²) in [6.45, 7) is 3.96. The van der Waals surface area contributed by atoms with Gasteiger partial charge in [0.25, 0.3) is 0 Å². The molecule has 0 aliphatic carbocycles. The number of aromatic hydroxyl groups is 1. The van der Waals surface area contributed by atoms with E-state index in [2.05, 4.69) is 101 Å². The third-order valence-corrected chi connectivity index (χ3v) is 22.7. The standard InChI is InChI=1S/C85H155N37O19/c1-4-46(2)64(121-75(136)61(45-123)120-73(134)52(20-6-9-35-87)111-66(127)50(89)18-11-37-103-80(91)92)77(138)117-57(25-15-41-107-84(99)100)70(131)113-55(23-13-39-105-82(95)96)69(130)115-58(32-33-63(90)125)74(135)114-56(24-14-40-106-83(97)98)71(132)118-59(26-16-42-108-85(101)102)78(139)122-43-17-27-62(122)76(137)116-53(21-7-10-36-88)68(129)112-54(22-12-38-104-81(93)94)67(128)109-47(3)65(126)110-51(19-5-8-34-86)72(133)119-60(79(140)141)44-48-28-30-49(124)31-29-48/h28-31,46-47,50-62,64,123-124H,4-27,32-45,86-89H2,1-3H3,(H2,90,125)(H,109,128)(H,110,126)(H,111,127)(H,112,129)(H,113,131)(H,114,135)(H,115,130)(H,116,137)(H,117,138)(H,118,132)(H,119,133)(H,120,134)(H,121,136)(H,140,141)(H4,91,92,103)(H4,93,94,104)(H4,95,96,105)(H4,97,98,106)(H4,99,100,107)(H4,101,102,108)/t46-,47-,50-,51-,52-,53-,54-,55-,56-,57-,58-,59-,60-,61-,62-,64-/m0/s1. The van der Waals surface area contributed by atoms with Gasteiger partial charge in [-0.2, -0.15) is 0 Å². The zero-order valence-corrected chi connectivity index (χ0v) is 80.6. The molecule has 141 heavy (non-hydrogen) atoms. The van der Waals surface area contributed by atoms with Crippen LogP contribution in [0.5, 0.6) is 5.75 Å². The van der Waals surface area contributed by atoms with Gasteiger partial charge in [0.15, 0.2) is 35.8 Å². The normalized spacial score (nSPS) is 15.2. The smallest absolute Gasteiger partial charge is 0.326 e. The number of nitrogens with two attached hydrogens (primary N) is 11. The molecule has 56 nitrogen and oxygen atoms in total. The van der Waals surface area contributed by atoms with Crippen molar-refractivity contribution in [3.05, 3.63) is 29.8 Å². The summed E-state index contributed by atoms with van der Waals surface area (Å²) in [6.07, 6.45) is 0.0552. The number of aliphatic hydroxyl groups excluding tert-OH is 1. The highest BCUT2D eigenvalue weighted by molar-refractivity contribution is 6.01. The van der Waals surface area contributed by atoms with Crippen molar-refractivity contribution >= 4 is 130 Å². The average Bonchev–Trinajstić information content (AvgIpc) is 1.65. The predicted octanol–water partition coefficient (Wildman–Crippen LogP) is -11.1. The number of carboxylic acids is 1. The number of carbonyl (C=O) groups is 16. The SMILES string of the molecule is CC[C@H](C)[C@H](NC(=O)[C@H](CO)NC(=O)[C@H](CCCCN)NC(=O)[C@@H](N)CCCNC(=N)N)C(=O)N[C@@H](CCCNC(=N)N)C(=O)N[C@@H](CCCNC(=N)N)C(=O)N[C@@H](CCC(N)=O)C(=O)N[C@@H](CCCNC(=N)N)C(=O)N[C@@H](CCCNC(=N)N)C(=O)N1CCC[C@H]1C(=O)N[C@@H](CCCCN)C(=O)N[C@@H](CCCNC(=N)N)C(=O)N[C@@H](C)C(=O)N[C@@H](CCCCN)C(=O)N[C@@H](Cc1ccc(O)cc1)C(=O)O. The monoisotopic (exact) mass is 2000 g/mol. The molecular weight excluding hydrogens is 1840 g/mol. The Morgan fingerprint density at radius 1 is 0.376 bits per heavy atom. The lowest BCUT2D eigenvalue weighted by atomic mass is 9.97. The van der Waals surface area contributed by atoms with Crippen LogP contribution in [0.4, 0.5) is 0 Å². The fourth-order valence-corrected chi connectivity index (χ4v) is 14.6. The zero-order valence-electron chi connectivity index (χ0n) is 80.6. The van der Waals surface area contributed by atoms with Crippen molar-refractivity contribution in [3.8, 4) is 5.75 Å². The van der Waals surface area contributed by atoms with Crippen molar-refractivity contribution in [3.63, 3.8) is 0 Å². The quantitative estimate of drug-likeness (QED) is 0.0164. The Balaban J connectivity index is 2.70.